The van der Waals surface area contributed by atoms with Gasteiger partial charge in [0.2, 0.25) is 5.91 Å². The van der Waals surface area contributed by atoms with Crippen LogP contribution in [0.5, 0.6) is 0 Å². The number of carbonyl (C=O) groups is 2. The zero-order valence-electron chi connectivity index (χ0n) is 13.1. The number of Topliss-reactive ketones (excluding diaryl/α,β-unsaturated/α-hetero) is 1. The highest BCUT2D eigenvalue weighted by molar-refractivity contribution is 6.10. The molecule has 3 atom stereocenters. The average Bonchev–Trinajstić information content (AvgIpc) is 2.99. The van der Waals surface area contributed by atoms with Gasteiger partial charge in [-0.05, 0) is 45.4 Å². The van der Waals surface area contributed by atoms with Crippen molar-refractivity contribution >= 4 is 11.7 Å². The van der Waals surface area contributed by atoms with E-state index in [2.05, 4.69) is 6.92 Å². The summed E-state index contributed by atoms with van der Waals surface area (Å²) in [6.07, 6.45) is 7.42. The lowest BCUT2D eigenvalue weighted by Gasteiger charge is -2.32. The van der Waals surface area contributed by atoms with Crippen molar-refractivity contribution in [2.45, 2.75) is 51.5 Å². The predicted octanol–water partition coefficient (Wildman–Crippen LogP) is 2.33. The average molecular weight is 291 g/mol. The van der Waals surface area contributed by atoms with Gasteiger partial charge in [-0.15, -0.1) is 0 Å². The fourth-order valence-electron chi connectivity index (χ4n) is 4.33. The minimum Gasteiger partial charge on any atom is -0.383 e. The van der Waals surface area contributed by atoms with E-state index in [9.17, 15) is 9.59 Å². The molecule has 116 valence electrons. The van der Waals surface area contributed by atoms with Gasteiger partial charge in [0.25, 0.3) is 0 Å². The van der Waals surface area contributed by atoms with E-state index in [1.165, 1.54) is 5.57 Å². The fraction of sp³-hybridized carbons (Fsp3) is 0.765. The Morgan fingerprint density at radius 3 is 3.00 bits per heavy atom. The molecule has 2 fully saturated rings. The summed E-state index contributed by atoms with van der Waals surface area (Å²) in [4.78, 5) is 27.9. The van der Waals surface area contributed by atoms with Crippen LogP contribution >= 0.6 is 0 Å². The summed E-state index contributed by atoms with van der Waals surface area (Å²) in [5.41, 5.74) is 0.336. The third kappa shape index (κ3) is 2.33. The molecule has 0 N–H and O–H groups in total. The number of rotatable bonds is 3. The van der Waals surface area contributed by atoms with Crippen LogP contribution in [0.4, 0.5) is 0 Å². The van der Waals surface area contributed by atoms with E-state index in [1.807, 2.05) is 11.0 Å². The molecule has 4 heteroatoms. The van der Waals surface area contributed by atoms with Crippen LogP contribution in [0, 0.1) is 11.3 Å². The molecule has 0 radical (unpaired) electrons. The van der Waals surface area contributed by atoms with E-state index >= 15 is 0 Å². The summed E-state index contributed by atoms with van der Waals surface area (Å²) in [7, 11) is 1.67. The van der Waals surface area contributed by atoms with Gasteiger partial charge in [-0.25, -0.2) is 0 Å². The summed E-state index contributed by atoms with van der Waals surface area (Å²) in [5.74, 6) is 0.300. The molecule has 1 aliphatic heterocycles. The third-order valence-electron chi connectivity index (χ3n) is 5.46. The van der Waals surface area contributed by atoms with Gasteiger partial charge in [-0.1, -0.05) is 11.6 Å². The van der Waals surface area contributed by atoms with Gasteiger partial charge in [0, 0.05) is 19.6 Å². The van der Waals surface area contributed by atoms with Crippen molar-refractivity contribution in [3.63, 3.8) is 0 Å². The topological polar surface area (TPSA) is 46.6 Å². The maximum atomic E-state index is 13.2. The molecule has 0 aromatic carbocycles. The van der Waals surface area contributed by atoms with E-state index in [-0.39, 0.29) is 23.7 Å². The monoisotopic (exact) mass is 291 g/mol. The summed E-state index contributed by atoms with van der Waals surface area (Å²) in [6, 6.07) is 0.140. The molecule has 21 heavy (non-hydrogen) atoms. The van der Waals surface area contributed by atoms with Crippen LogP contribution in [-0.4, -0.2) is 42.9 Å². The van der Waals surface area contributed by atoms with Gasteiger partial charge in [0.05, 0.1) is 12.6 Å². The van der Waals surface area contributed by atoms with Gasteiger partial charge in [0.1, 0.15) is 5.41 Å². The molecule has 0 aromatic rings. The normalized spacial score (nSPS) is 35.8. The second-order valence-electron chi connectivity index (χ2n) is 6.85. The molecule has 1 amide bonds. The SMILES string of the molecule is COC[C@@H]1CCCN1C(=O)C12C=C(C)CCC(CC1)C2=O. The Labute approximate surface area is 126 Å². The molecule has 3 aliphatic rings. The highest BCUT2D eigenvalue weighted by Gasteiger charge is 2.54. The molecular weight excluding hydrogens is 266 g/mol. The number of amides is 1. The molecular formula is C17H25NO3. The van der Waals surface area contributed by atoms with Crippen molar-refractivity contribution in [2.75, 3.05) is 20.3 Å². The number of fused-ring (bicyclic) bond motifs is 2. The summed E-state index contributed by atoms with van der Waals surface area (Å²) in [5, 5.41) is 0. The number of methoxy groups -OCH3 is 1. The van der Waals surface area contributed by atoms with Crippen LogP contribution in [0.3, 0.4) is 0 Å². The minimum atomic E-state index is -0.860. The molecule has 0 aromatic heterocycles. The summed E-state index contributed by atoms with van der Waals surface area (Å²) >= 11 is 0. The largest absolute Gasteiger partial charge is 0.383 e. The Morgan fingerprint density at radius 1 is 1.43 bits per heavy atom. The van der Waals surface area contributed by atoms with E-state index in [1.54, 1.807) is 7.11 Å². The number of likely N-dealkylation sites (tertiary alicyclic amines) is 1. The number of nitrogens with zero attached hydrogens (tertiary/aromatic N) is 1. The van der Waals surface area contributed by atoms with Crippen LogP contribution in [-0.2, 0) is 14.3 Å². The lowest BCUT2D eigenvalue weighted by molar-refractivity contribution is -0.147. The van der Waals surface area contributed by atoms with Crippen molar-refractivity contribution in [1.29, 1.82) is 0 Å². The molecule has 2 bridgehead atoms. The quantitative estimate of drug-likeness (QED) is 0.592. The number of hydrogen-bond acceptors (Lipinski definition) is 3. The zero-order valence-corrected chi connectivity index (χ0v) is 13.1. The highest BCUT2D eigenvalue weighted by atomic mass is 16.5. The second-order valence-corrected chi connectivity index (χ2v) is 6.85. The lowest BCUT2D eigenvalue weighted by atomic mass is 9.81. The molecule has 2 unspecified atom stereocenters. The molecule has 1 saturated carbocycles. The Kier molecular flexibility index (Phi) is 3.91. The number of allylic oxidation sites excluding steroid dienone is 1. The molecule has 3 rings (SSSR count). The number of carbonyl (C=O) groups excluding carboxylic acids is 2. The standard InChI is InChI=1S/C17H25NO3/c1-12-5-6-13-7-8-17(10-12,15(13)19)16(20)18-9-3-4-14(18)11-21-2/h10,13-14H,3-9,11H2,1-2H3/t13?,14-,17?/m0/s1. The van der Waals surface area contributed by atoms with Crippen molar-refractivity contribution in [2.24, 2.45) is 11.3 Å². The molecule has 4 nitrogen and oxygen atoms in total. The number of hydrogen-bond donors (Lipinski definition) is 0. The lowest BCUT2D eigenvalue weighted by Crippen LogP contribution is -2.49. The first-order valence-corrected chi connectivity index (χ1v) is 8.11. The predicted molar refractivity (Wildman–Crippen MR) is 79.8 cm³/mol. The maximum Gasteiger partial charge on any atom is 0.240 e. The van der Waals surface area contributed by atoms with Crippen LogP contribution < -0.4 is 0 Å². The Bertz CT molecular complexity index is 484. The molecule has 2 aliphatic carbocycles. The van der Waals surface area contributed by atoms with E-state index in [4.69, 9.17) is 4.74 Å². The van der Waals surface area contributed by atoms with Crippen LogP contribution in [0.15, 0.2) is 11.6 Å². The minimum absolute atomic E-state index is 0.0378. The summed E-state index contributed by atoms with van der Waals surface area (Å²) in [6.45, 7) is 3.39. The van der Waals surface area contributed by atoms with Gasteiger partial charge < -0.3 is 9.64 Å². The van der Waals surface area contributed by atoms with Crippen molar-refractivity contribution in [3.05, 3.63) is 11.6 Å². The fourth-order valence-corrected chi connectivity index (χ4v) is 4.33. The first-order valence-electron chi connectivity index (χ1n) is 8.11. The van der Waals surface area contributed by atoms with Crippen molar-refractivity contribution < 1.29 is 14.3 Å². The Hall–Kier alpha value is -1.16. The molecule has 1 heterocycles. The second kappa shape index (κ2) is 5.56. The summed E-state index contributed by atoms with van der Waals surface area (Å²) < 4.78 is 5.25. The first-order chi connectivity index (χ1) is 10.1. The van der Waals surface area contributed by atoms with Gasteiger partial charge >= 0.3 is 0 Å². The van der Waals surface area contributed by atoms with Gasteiger partial charge in [0.15, 0.2) is 5.78 Å². The van der Waals surface area contributed by atoms with Crippen molar-refractivity contribution in [3.8, 4) is 0 Å². The van der Waals surface area contributed by atoms with Crippen molar-refractivity contribution in [1.82, 2.24) is 4.90 Å². The van der Waals surface area contributed by atoms with Gasteiger partial charge in [-0.3, -0.25) is 9.59 Å². The Balaban J connectivity index is 1.91. The maximum absolute atomic E-state index is 13.2. The van der Waals surface area contributed by atoms with E-state index in [0.717, 1.165) is 38.6 Å². The molecule has 1 saturated heterocycles. The van der Waals surface area contributed by atoms with Crippen LogP contribution in [0.25, 0.3) is 0 Å². The van der Waals surface area contributed by atoms with Gasteiger partial charge in [-0.2, -0.15) is 0 Å². The third-order valence-corrected chi connectivity index (χ3v) is 5.46. The van der Waals surface area contributed by atoms with Crippen LogP contribution in [0.2, 0.25) is 0 Å². The van der Waals surface area contributed by atoms with E-state index in [0.29, 0.717) is 13.0 Å². The molecule has 0 spiro atoms. The number of ketones is 1. The highest BCUT2D eigenvalue weighted by Crippen LogP contribution is 2.47. The number of ether oxygens (including phenoxy) is 1. The Morgan fingerprint density at radius 2 is 2.24 bits per heavy atom. The smallest absolute Gasteiger partial charge is 0.240 e. The van der Waals surface area contributed by atoms with E-state index < -0.39 is 5.41 Å². The zero-order chi connectivity index (χ0) is 15.0. The first kappa shape index (κ1) is 14.8. The van der Waals surface area contributed by atoms with Crippen LogP contribution in [0.1, 0.15) is 45.4 Å².